The highest BCUT2D eigenvalue weighted by Gasteiger charge is 2.21. The summed E-state index contributed by atoms with van der Waals surface area (Å²) in [5.74, 6) is 6.27. The van der Waals surface area contributed by atoms with Gasteiger partial charge in [-0.05, 0) is 47.1 Å². The first-order valence-corrected chi connectivity index (χ1v) is 10.6. The Labute approximate surface area is 170 Å². The lowest BCUT2D eigenvalue weighted by Crippen LogP contribution is -2.35. The number of hydrogen-bond acceptors (Lipinski definition) is 4. The van der Waals surface area contributed by atoms with Gasteiger partial charge < -0.3 is 5.84 Å². The Kier molecular flexibility index (Phi) is 4.89. The SMILES string of the molecule is CC(C)(C)CN1CC=C(c2cn(N)c3ccc(C(=O)c4ccsc4)cc23)CC1. The molecule has 0 amide bonds. The number of ketones is 1. The molecule has 28 heavy (non-hydrogen) atoms. The summed E-state index contributed by atoms with van der Waals surface area (Å²) in [6.07, 6.45) is 5.31. The minimum Gasteiger partial charge on any atom is -0.339 e. The van der Waals surface area contributed by atoms with Gasteiger partial charge in [0.2, 0.25) is 0 Å². The van der Waals surface area contributed by atoms with Crippen LogP contribution in [-0.2, 0) is 0 Å². The van der Waals surface area contributed by atoms with Crippen molar-refractivity contribution < 1.29 is 4.79 Å². The summed E-state index contributed by atoms with van der Waals surface area (Å²) in [6, 6.07) is 7.69. The van der Waals surface area contributed by atoms with Crippen molar-refractivity contribution in [2.24, 2.45) is 5.41 Å². The first kappa shape index (κ1) is 19.0. The minimum atomic E-state index is 0.0628. The number of nitrogens with two attached hydrogens (primary N) is 1. The van der Waals surface area contributed by atoms with Crippen molar-refractivity contribution in [1.29, 1.82) is 0 Å². The van der Waals surface area contributed by atoms with E-state index in [9.17, 15) is 4.79 Å². The normalized spacial score (nSPS) is 15.8. The van der Waals surface area contributed by atoms with Crippen molar-refractivity contribution in [3.8, 4) is 0 Å². The van der Waals surface area contributed by atoms with E-state index < -0.39 is 0 Å². The van der Waals surface area contributed by atoms with Crippen LogP contribution >= 0.6 is 11.3 Å². The number of benzene rings is 1. The fourth-order valence-electron chi connectivity index (χ4n) is 3.98. The molecule has 4 nitrogen and oxygen atoms in total. The molecule has 0 radical (unpaired) electrons. The van der Waals surface area contributed by atoms with Crippen LogP contribution in [0.15, 0.2) is 47.3 Å². The smallest absolute Gasteiger partial charge is 0.193 e. The van der Waals surface area contributed by atoms with Gasteiger partial charge in [0, 0.05) is 53.3 Å². The summed E-state index contributed by atoms with van der Waals surface area (Å²) in [5, 5.41) is 4.89. The maximum atomic E-state index is 12.8. The van der Waals surface area contributed by atoms with E-state index in [1.54, 1.807) is 16.0 Å². The first-order valence-electron chi connectivity index (χ1n) is 9.71. The molecule has 0 unspecified atom stereocenters. The van der Waals surface area contributed by atoms with Crippen molar-refractivity contribution in [3.05, 3.63) is 64.0 Å². The summed E-state index contributed by atoms with van der Waals surface area (Å²) in [5.41, 5.74) is 5.18. The van der Waals surface area contributed by atoms with Gasteiger partial charge in [0.1, 0.15) is 0 Å². The Morgan fingerprint density at radius 3 is 2.68 bits per heavy atom. The van der Waals surface area contributed by atoms with Crippen molar-refractivity contribution in [2.45, 2.75) is 27.2 Å². The van der Waals surface area contributed by atoms with Crippen LogP contribution < -0.4 is 5.84 Å². The lowest BCUT2D eigenvalue weighted by atomic mass is 9.93. The molecule has 0 saturated carbocycles. The number of hydrogen-bond donors (Lipinski definition) is 1. The van der Waals surface area contributed by atoms with Gasteiger partial charge in [0.05, 0.1) is 5.52 Å². The number of thiophene rings is 1. The zero-order valence-corrected chi connectivity index (χ0v) is 17.6. The van der Waals surface area contributed by atoms with Crippen LogP contribution in [0.3, 0.4) is 0 Å². The lowest BCUT2D eigenvalue weighted by Gasteiger charge is -2.32. The molecule has 0 bridgehead atoms. The van der Waals surface area contributed by atoms with Crippen molar-refractivity contribution in [3.63, 3.8) is 0 Å². The van der Waals surface area contributed by atoms with E-state index in [-0.39, 0.29) is 5.78 Å². The molecule has 2 aromatic heterocycles. The zero-order chi connectivity index (χ0) is 19.9. The number of nitrogens with zero attached hydrogens (tertiary/aromatic N) is 2. The summed E-state index contributed by atoms with van der Waals surface area (Å²) in [4.78, 5) is 15.3. The molecule has 0 aliphatic carbocycles. The monoisotopic (exact) mass is 393 g/mol. The summed E-state index contributed by atoms with van der Waals surface area (Å²) >= 11 is 1.54. The van der Waals surface area contributed by atoms with Gasteiger partial charge in [0.25, 0.3) is 0 Å². The van der Waals surface area contributed by atoms with Crippen LogP contribution in [0.4, 0.5) is 0 Å². The summed E-state index contributed by atoms with van der Waals surface area (Å²) < 4.78 is 1.67. The van der Waals surface area contributed by atoms with E-state index in [2.05, 4.69) is 31.7 Å². The van der Waals surface area contributed by atoms with Crippen LogP contribution in [0.25, 0.3) is 16.5 Å². The number of aromatic nitrogens is 1. The van der Waals surface area contributed by atoms with Gasteiger partial charge in [-0.15, -0.1) is 0 Å². The van der Waals surface area contributed by atoms with Crippen molar-refractivity contribution >= 4 is 33.6 Å². The molecule has 0 atom stereocenters. The Morgan fingerprint density at radius 1 is 1.21 bits per heavy atom. The van der Waals surface area contributed by atoms with Crippen LogP contribution in [0.2, 0.25) is 0 Å². The molecule has 0 spiro atoms. The summed E-state index contributed by atoms with van der Waals surface area (Å²) in [7, 11) is 0. The summed E-state index contributed by atoms with van der Waals surface area (Å²) in [6.45, 7) is 9.93. The molecule has 2 N–H and O–H groups in total. The molecule has 3 heterocycles. The molecular weight excluding hydrogens is 366 g/mol. The number of carbonyl (C=O) groups is 1. The van der Waals surface area contributed by atoms with E-state index in [0.717, 1.165) is 48.1 Å². The maximum Gasteiger partial charge on any atom is 0.193 e. The lowest BCUT2D eigenvalue weighted by molar-refractivity contribution is 0.103. The molecule has 5 heteroatoms. The number of carbonyl (C=O) groups excluding carboxylic acids is 1. The third-order valence-corrected chi connectivity index (χ3v) is 5.90. The van der Waals surface area contributed by atoms with Crippen LogP contribution in [0.1, 0.15) is 48.7 Å². The first-order chi connectivity index (χ1) is 13.3. The standard InChI is InChI=1S/C23H27N3OS/c1-23(2,3)15-25-9-6-16(7-10-25)20-13-26(24)21-5-4-17(12-19(20)21)22(27)18-8-11-28-14-18/h4-6,8,11-14H,7,9-10,15,24H2,1-3H3. The van der Waals surface area contributed by atoms with Crippen LogP contribution in [0.5, 0.6) is 0 Å². The third kappa shape index (κ3) is 3.77. The van der Waals surface area contributed by atoms with Gasteiger partial charge in [-0.2, -0.15) is 11.3 Å². The molecule has 1 aromatic carbocycles. The van der Waals surface area contributed by atoms with E-state index in [4.69, 9.17) is 5.84 Å². The molecule has 1 aliphatic heterocycles. The minimum absolute atomic E-state index is 0.0628. The second-order valence-electron chi connectivity index (χ2n) is 8.80. The molecule has 0 saturated heterocycles. The third-order valence-electron chi connectivity index (χ3n) is 5.22. The topological polar surface area (TPSA) is 51.3 Å². The fraction of sp³-hybridized carbons (Fsp3) is 0.348. The molecule has 3 aromatic rings. The fourth-order valence-corrected chi connectivity index (χ4v) is 4.62. The second kappa shape index (κ2) is 7.22. The Bertz CT molecular complexity index is 1040. The maximum absolute atomic E-state index is 12.8. The Balaban J connectivity index is 1.66. The average molecular weight is 394 g/mol. The van der Waals surface area contributed by atoms with E-state index >= 15 is 0 Å². The molecular formula is C23H27N3OS. The molecule has 0 fully saturated rings. The van der Waals surface area contributed by atoms with Gasteiger partial charge in [-0.1, -0.05) is 26.8 Å². The van der Waals surface area contributed by atoms with E-state index in [1.165, 1.54) is 5.57 Å². The highest BCUT2D eigenvalue weighted by molar-refractivity contribution is 7.08. The van der Waals surface area contributed by atoms with Gasteiger partial charge in [-0.3, -0.25) is 14.4 Å². The second-order valence-corrected chi connectivity index (χ2v) is 9.58. The highest BCUT2D eigenvalue weighted by Crippen LogP contribution is 2.32. The quantitative estimate of drug-likeness (QED) is 0.512. The average Bonchev–Trinajstić information content (AvgIpc) is 3.29. The van der Waals surface area contributed by atoms with Gasteiger partial charge in [0.15, 0.2) is 5.78 Å². The van der Waals surface area contributed by atoms with E-state index in [1.807, 2.05) is 41.2 Å². The molecule has 1 aliphatic rings. The van der Waals surface area contributed by atoms with Crippen molar-refractivity contribution in [1.82, 2.24) is 9.58 Å². The number of rotatable bonds is 4. The zero-order valence-electron chi connectivity index (χ0n) is 16.7. The number of nitrogen functional groups attached to an aromatic ring is 1. The molecule has 4 rings (SSSR count). The Hall–Kier alpha value is -2.37. The largest absolute Gasteiger partial charge is 0.339 e. The van der Waals surface area contributed by atoms with Gasteiger partial charge >= 0.3 is 0 Å². The predicted octanol–water partition coefficient (Wildman–Crippen LogP) is 4.78. The molecule has 146 valence electrons. The Morgan fingerprint density at radius 2 is 2.04 bits per heavy atom. The van der Waals surface area contributed by atoms with Crippen molar-refractivity contribution in [2.75, 3.05) is 25.5 Å². The highest BCUT2D eigenvalue weighted by atomic mass is 32.1. The number of fused-ring (bicyclic) bond motifs is 1. The predicted molar refractivity (Wildman–Crippen MR) is 118 cm³/mol. The van der Waals surface area contributed by atoms with E-state index in [0.29, 0.717) is 11.0 Å². The van der Waals surface area contributed by atoms with Crippen LogP contribution in [-0.4, -0.2) is 35.0 Å². The van der Waals surface area contributed by atoms with Crippen LogP contribution in [0, 0.1) is 5.41 Å². The van der Waals surface area contributed by atoms with Gasteiger partial charge in [-0.25, -0.2) is 0 Å².